The van der Waals surface area contributed by atoms with Crippen LogP contribution in [-0.4, -0.2) is 36.4 Å². The van der Waals surface area contributed by atoms with E-state index >= 15 is 0 Å². The number of ether oxygens (including phenoxy) is 1. The molecule has 0 atom stereocenters. The molecule has 1 heterocycles. The molecule has 1 fully saturated rings. The third-order valence-electron chi connectivity index (χ3n) is 3.57. The smallest absolute Gasteiger partial charge is 0.341 e. The number of carbonyl (C=O) groups excluding carboxylic acids is 1. The Balaban J connectivity index is 2.21. The van der Waals surface area contributed by atoms with E-state index in [1.807, 2.05) is 0 Å². The first-order chi connectivity index (χ1) is 9.11. The Labute approximate surface area is 112 Å². The van der Waals surface area contributed by atoms with Gasteiger partial charge in [-0.05, 0) is 49.9 Å². The lowest BCUT2D eigenvalue weighted by Gasteiger charge is -2.23. The van der Waals surface area contributed by atoms with Gasteiger partial charge in [0.2, 0.25) is 0 Å². The van der Waals surface area contributed by atoms with Crippen LogP contribution in [0.3, 0.4) is 0 Å². The average Bonchev–Trinajstić information content (AvgIpc) is 2.42. The number of piperidine rings is 1. The number of carbonyl (C=O) groups is 1. The van der Waals surface area contributed by atoms with E-state index < -0.39 is 5.97 Å². The lowest BCUT2D eigenvalue weighted by molar-refractivity contribution is 0.0597. The van der Waals surface area contributed by atoms with Gasteiger partial charge >= 0.3 is 5.97 Å². The van der Waals surface area contributed by atoms with Crippen molar-refractivity contribution < 1.29 is 19.7 Å². The predicted octanol–water partition coefficient (Wildman–Crippen LogP) is 1.43. The fraction of sp³-hybridized carbons (Fsp3) is 0.500. The molecule has 19 heavy (non-hydrogen) atoms. The molecule has 3 N–H and O–H groups in total. The van der Waals surface area contributed by atoms with E-state index in [4.69, 9.17) is 0 Å². The number of benzene rings is 1. The molecule has 0 saturated carbocycles. The maximum Gasteiger partial charge on any atom is 0.341 e. The molecule has 0 radical (unpaired) electrons. The minimum absolute atomic E-state index is 0.0312. The average molecular weight is 265 g/mol. The first-order valence-corrected chi connectivity index (χ1v) is 6.45. The molecule has 0 aliphatic carbocycles. The van der Waals surface area contributed by atoms with Gasteiger partial charge in [-0.3, -0.25) is 0 Å². The van der Waals surface area contributed by atoms with Gasteiger partial charge in [0.05, 0.1) is 7.11 Å². The quantitative estimate of drug-likeness (QED) is 0.720. The van der Waals surface area contributed by atoms with Gasteiger partial charge in [-0.1, -0.05) is 0 Å². The van der Waals surface area contributed by atoms with Crippen LogP contribution in [0, 0.1) is 5.92 Å². The number of aromatic hydroxyl groups is 2. The van der Waals surface area contributed by atoms with Gasteiger partial charge in [0, 0.05) is 6.07 Å². The number of phenolic OH excluding ortho intramolecular Hbond substituents is 2. The summed E-state index contributed by atoms with van der Waals surface area (Å²) in [6.07, 6.45) is 2.81. The Bertz CT molecular complexity index is 467. The number of nitrogens with one attached hydrogen (secondary N) is 1. The minimum atomic E-state index is -0.593. The molecule has 1 aromatic carbocycles. The van der Waals surface area contributed by atoms with Crippen LogP contribution in [0.15, 0.2) is 12.1 Å². The number of phenols is 2. The Hall–Kier alpha value is -1.75. The van der Waals surface area contributed by atoms with Crippen molar-refractivity contribution in [1.29, 1.82) is 0 Å². The topological polar surface area (TPSA) is 78.8 Å². The molecule has 5 heteroatoms. The van der Waals surface area contributed by atoms with E-state index in [0.29, 0.717) is 17.9 Å². The molecule has 1 aliphatic rings. The van der Waals surface area contributed by atoms with Crippen molar-refractivity contribution in [2.45, 2.75) is 19.3 Å². The van der Waals surface area contributed by atoms with E-state index in [1.165, 1.54) is 19.2 Å². The van der Waals surface area contributed by atoms with Crippen LogP contribution in [0.25, 0.3) is 0 Å². The molecule has 0 spiro atoms. The fourth-order valence-electron chi connectivity index (χ4n) is 2.46. The third kappa shape index (κ3) is 3.17. The molecule has 5 nitrogen and oxygen atoms in total. The van der Waals surface area contributed by atoms with Crippen molar-refractivity contribution in [3.8, 4) is 11.5 Å². The normalized spacial score (nSPS) is 16.3. The molecule has 1 saturated heterocycles. The largest absolute Gasteiger partial charge is 0.508 e. The van der Waals surface area contributed by atoms with Crippen LogP contribution in [-0.2, 0) is 11.2 Å². The Morgan fingerprint density at radius 1 is 1.32 bits per heavy atom. The zero-order valence-corrected chi connectivity index (χ0v) is 11.0. The first kappa shape index (κ1) is 13.7. The zero-order chi connectivity index (χ0) is 13.8. The van der Waals surface area contributed by atoms with E-state index in [-0.39, 0.29) is 17.1 Å². The van der Waals surface area contributed by atoms with Gasteiger partial charge in [-0.15, -0.1) is 0 Å². The summed E-state index contributed by atoms with van der Waals surface area (Å²) in [5.74, 6) is -0.326. The van der Waals surface area contributed by atoms with Crippen molar-refractivity contribution >= 4 is 5.97 Å². The van der Waals surface area contributed by atoms with Crippen LogP contribution in [0.1, 0.15) is 28.8 Å². The van der Waals surface area contributed by atoms with Gasteiger partial charge < -0.3 is 20.3 Å². The highest BCUT2D eigenvalue weighted by atomic mass is 16.5. The van der Waals surface area contributed by atoms with E-state index in [9.17, 15) is 15.0 Å². The number of rotatable bonds is 3. The molecular weight excluding hydrogens is 246 g/mol. The first-order valence-electron chi connectivity index (χ1n) is 6.45. The second-order valence-electron chi connectivity index (χ2n) is 4.89. The Kier molecular flexibility index (Phi) is 4.27. The van der Waals surface area contributed by atoms with Gasteiger partial charge in [0.25, 0.3) is 0 Å². The summed E-state index contributed by atoms with van der Waals surface area (Å²) < 4.78 is 4.61. The van der Waals surface area contributed by atoms with Gasteiger partial charge in [0.1, 0.15) is 17.1 Å². The summed E-state index contributed by atoms with van der Waals surface area (Å²) in [7, 11) is 1.26. The van der Waals surface area contributed by atoms with Gasteiger partial charge in [-0.25, -0.2) is 4.79 Å². The van der Waals surface area contributed by atoms with Crippen LogP contribution in [0.2, 0.25) is 0 Å². The van der Waals surface area contributed by atoms with Crippen molar-refractivity contribution in [3.63, 3.8) is 0 Å². The molecule has 0 bridgehead atoms. The summed E-state index contributed by atoms with van der Waals surface area (Å²) in [5, 5.41) is 22.8. The predicted molar refractivity (Wildman–Crippen MR) is 70.4 cm³/mol. The molecule has 1 aliphatic heterocycles. The number of esters is 1. The fourth-order valence-corrected chi connectivity index (χ4v) is 2.46. The highest BCUT2D eigenvalue weighted by Gasteiger charge is 2.19. The molecule has 0 unspecified atom stereocenters. The molecule has 0 aromatic heterocycles. The van der Waals surface area contributed by atoms with Crippen LogP contribution in [0.4, 0.5) is 0 Å². The highest BCUT2D eigenvalue weighted by Crippen LogP contribution is 2.31. The van der Waals surface area contributed by atoms with E-state index in [2.05, 4.69) is 10.1 Å². The number of methoxy groups -OCH3 is 1. The van der Waals surface area contributed by atoms with Crippen LogP contribution < -0.4 is 5.32 Å². The summed E-state index contributed by atoms with van der Waals surface area (Å²) >= 11 is 0. The second kappa shape index (κ2) is 5.93. The van der Waals surface area contributed by atoms with Crippen molar-refractivity contribution in [2.75, 3.05) is 20.2 Å². The van der Waals surface area contributed by atoms with E-state index in [1.54, 1.807) is 0 Å². The van der Waals surface area contributed by atoms with Crippen molar-refractivity contribution in [1.82, 2.24) is 5.32 Å². The van der Waals surface area contributed by atoms with Crippen LogP contribution >= 0.6 is 0 Å². The molecule has 0 amide bonds. The summed E-state index contributed by atoms with van der Waals surface area (Å²) in [6, 6.07) is 2.74. The maximum atomic E-state index is 11.5. The SMILES string of the molecule is COC(=O)c1cc(CC2CCNCC2)c(O)cc1O. The van der Waals surface area contributed by atoms with E-state index in [0.717, 1.165) is 25.9 Å². The highest BCUT2D eigenvalue weighted by molar-refractivity contribution is 5.92. The summed E-state index contributed by atoms with van der Waals surface area (Å²) in [6.45, 7) is 1.96. The lowest BCUT2D eigenvalue weighted by atomic mass is 9.90. The lowest BCUT2D eigenvalue weighted by Crippen LogP contribution is -2.28. The van der Waals surface area contributed by atoms with Gasteiger partial charge in [0.15, 0.2) is 0 Å². The maximum absolute atomic E-state index is 11.5. The summed E-state index contributed by atoms with van der Waals surface area (Å²) in [5.41, 5.74) is 0.786. The minimum Gasteiger partial charge on any atom is -0.508 e. The second-order valence-corrected chi connectivity index (χ2v) is 4.89. The summed E-state index contributed by atoms with van der Waals surface area (Å²) in [4.78, 5) is 11.5. The van der Waals surface area contributed by atoms with Gasteiger partial charge in [-0.2, -0.15) is 0 Å². The molecule has 2 rings (SSSR count). The van der Waals surface area contributed by atoms with Crippen molar-refractivity contribution in [3.05, 3.63) is 23.3 Å². The Morgan fingerprint density at radius 2 is 2.00 bits per heavy atom. The van der Waals surface area contributed by atoms with Crippen molar-refractivity contribution in [2.24, 2.45) is 5.92 Å². The standard InChI is InChI=1S/C14H19NO4/c1-19-14(18)11-7-10(12(16)8-13(11)17)6-9-2-4-15-5-3-9/h7-9,15-17H,2-6H2,1H3. The molecule has 104 valence electrons. The number of hydrogen-bond donors (Lipinski definition) is 3. The molecular formula is C14H19NO4. The van der Waals surface area contributed by atoms with Crippen LogP contribution in [0.5, 0.6) is 11.5 Å². The molecule has 1 aromatic rings. The monoisotopic (exact) mass is 265 g/mol. The Morgan fingerprint density at radius 3 is 2.63 bits per heavy atom. The third-order valence-corrected chi connectivity index (χ3v) is 3.57. The zero-order valence-electron chi connectivity index (χ0n) is 11.0. The number of hydrogen-bond acceptors (Lipinski definition) is 5.